The molecule has 90 valence electrons. The highest BCUT2D eigenvalue weighted by atomic mass is 35.5. The van der Waals surface area contributed by atoms with Crippen LogP contribution >= 0.6 is 11.6 Å². The number of halogens is 1. The van der Waals surface area contributed by atoms with Gasteiger partial charge in [0.05, 0.1) is 18.6 Å². The van der Waals surface area contributed by atoms with Gasteiger partial charge in [0.1, 0.15) is 5.75 Å². The zero-order valence-electron chi connectivity index (χ0n) is 10.0. The molecule has 1 aliphatic carbocycles. The lowest BCUT2D eigenvalue weighted by Crippen LogP contribution is -2.17. The molecule has 0 radical (unpaired) electrons. The molecular formula is C14H16ClNO. The van der Waals surface area contributed by atoms with Crippen molar-refractivity contribution in [3.8, 4) is 11.8 Å². The number of nitrogens with zero attached hydrogens (tertiary/aromatic N) is 1. The van der Waals surface area contributed by atoms with Crippen molar-refractivity contribution in [2.45, 2.75) is 32.1 Å². The van der Waals surface area contributed by atoms with Gasteiger partial charge in [-0.3, -0.25) is 0 Å². The molecule has 0 bridgehead atoms. The maximum absolute atomic E-state index is 9.39. The number of hydrogen-bond donors (Lipinski definition) is 0. The second-order valence-electron chi connectivity index (χ2n) is 4.73. The fourth-order valence-electron chi connectivity index (χ4n) is 2.63. The molecule has 1 aromatic rings. The van der Waals surface area contributed by atoms with E-state index >= 15 is 0 Å². The van der Waals surface area contributed by atoms with Crippen molar-refractivity contribution in [3.05, 3.63) is 28.8 Å². The minimum atomic E-state index is -0.210. The number of benzene rings is 1. The van der Waals surface area contributed by atoms with Crippen molar-refractivity contribution < 1.29 is 4.74 Å². The maximum atomic E-state index is 9.39. The van der Waals surface area contributed by atoms with Crippen LogP contribution in [0, 0.1) is 16.7 Å². The molecule has 1 fully saturated rings. The summed E-state index contributed by atoms with van der Waals surface area (Å²) in [6, 6.07) is 8.10. The predicted molar refractivity (Wildman–Crippen MR) is 68.2 cm³/mol. The third-order valence-corrected chi connectivity index (χ3v) is 3.80. The molecule has 0 heterocycles. The maximum Gasteiger partial charge on any atom is 0.122 e. The molecule has 1 saturated carbocycles. The fourth-order valence-corrected chi connectivity index (χ4v) is 2.82. The molecule has 0 spiro atoms. The number of rotatable bonds is 3. The Balaban J connectivity index is 2.28. The minimum absolute atomic E-state index is 0.210. The summed E-state index contributed by atoms with van der Waals surface area (Å²) in [6.45, 7) is 0. The summed E-state index contributed by atoms with van der Waals surface area (Å²) in [7, 11) is 1.65. The summed E-state index contributed by atoms with van der Waals surface area (Å²) in [5, 5.41) is 10.1. The Morgan fingerprint density at radius 3 is 2.71 bits per heavy atom. The zero-order chi connectivity index (χ0) is 12.3. The van der Waals surface area contributed by atoms with Crippen LogP contribution in [0.5, 0.6) is 5.75 Å². The van der Waals surface area contributed by atoms with Gasteiger partial charge in [0.15, 0.2) is 0 Å². The largest absolute Gasteiger partial charge is 0.496 e. The van der Waals surface area contributed by atoms with Crippen LogP contribution in [0.3, 0.4) is 0 Å². The van der Waals surface area contributed by atoms with Gasteiger partial charge < -0.3 is 4.74 Å². The van der Waals surface area contributed by atoms with E-state index in [-0.39, 0.29) is 5.41 Å². The Morgan fingerprint density at radius 2 is 2.12 bits per heavy atom. The average molecular weight is 250 g/mol. The molecule has 0 saturated heterocycles. The van der Waals surface area contributed by atoms with Crippen LogP contribution in [0.25, 0.3) is 0 Å². The SMILES string of the molecule is COc1ccc(Cl)cc1CC1(C#N)CCCC1. The number of methoxy groups -OCH3 is 1. The summed E-state index contributed by atoms with van der Waals surface area (Å²) in [6.07, 6.45) is 5.01. The van der Waals surface area contributed by atoms with Crippen LogP contribution in [0.1, 0.15) is 31.2 Å². The lowest BCUT2D eigenvalue weighted by atomic mass is 9.81. The molecule has 1 aromatic carbocycles. The van der Waals surface area contributed by atoms with Crippen LogP contribution in [0.4, 0.5) is 0 Å². The Bertz CT molecular complexity index is 444. The number of nitriles is 1. The van der Waals surface area contributed by atoms with Crippen LogP contribution in [-0.2, 0) is 6.42 Å². The van der Waals surface area contributed by atoms with Gasteiger partial charge in [-0.2, -0.15) is 5.26 Å². The molecule has 3 heteroatoms. The predicted octanol–water partition coefficient (Wildman–Crippen LogP) is 3.98. The summed E-state index contributed by atoms with van der Waals surface area (Å²) in [5.41, 5.74) is 0.835. The first-order chi connectivity index (χ1) is 8.19. The molecule has 0 amide bonds. The summed E-state index contributed by atoms with van der Waals surface area (Å²) in [5.74, 6) is 0.830. The van der Waals surface area contributed by atoms with Gasteiger partial charge in [-0.25, -0.2) is 0 Å². The lowest BCUT2D eigenvalue weighted by Gasteiger charge is -2.21. The third kappa shape index (κ3) is 2.56. The van der Waals surface area contributed by atoms with E-state index in [4.69, 9.17) is 16.3 Å². The topological polar surface area (TPSA) is 33.0 Å². The van der Waals surface area contributed by atoms with Crippen molar-refractivity contribution in [2.75, 3.05) is 7.11 Å². The van der Waals surface area contributed by atoms with E-state index in [2.05, 4.69) is 6.07 Å². The summed E-state index contributed by atoms with van der Waals surface area (Å²) >= 11 is 6.01. The van der Waals surface area contributed by atoms with Crippen molar-refractivity contribution >= 4 is 11.6 Å². The van der Waals surface area contributed by atoms with Gasteiger partial charge in [-0.15, -0.1) is 0 Å². The summed E-state index contributed by atoms with van der Waals surface area (Å²) < 4.78 is 5.33. The highest BCUT2D eigenvalue weighted by Gasteiger charge is 2.34. The zero-order valence-corrected chi connectivity index (χ0v) is 10.8. The van der Waals surface area contributed by atoms with Gasteiger partial charge in [-0.05, 0) is 43.0 Å². The van der Waals surface area contributed by atoms with Gasteiger partial charge in [-0.1, -0.05) is 24.4 Å². The molecule has 0 N–H and O–H groups in total. The molecule has 2 rings (SSSR count). The monoisotopic (exact) mass is 249 g/mol. The number of ether oxygens (including phenoxy) is 1. The van der Waals surface area contributed by atoms with Gasteiger partial charge >= 0.3 is 0 Å². The van der Waals surface area contributed by atoms with E-state index in [1.54, 1.807) is 7.11 Å². The first-order valence-electron chi connectivity index (χ1n) is 5.93. The average Bonchev–Trinajstić information content (AvgIpc) is 2.79. The van der Waals surface area contributed by atoms with Crippen LogP contribution < -0.4 is 4.74 Å². The van der Waals surface area contributed by atoms with Crippen molar-refractivity contribution in [2.24, 2.45) is 5.41 Å². The van der Waals surface area contributed by atoms with Gasteiger partial charge in [0, 0.05) is 5.02 Å². The molecule has 0 unspecified atom stereocenters. The second-order valence-corrected chi connectivity index (χ2v) is 5.17. The molecular weight excluding hydrogens is 234 g/mol. The van der Waals surface area contributed by atoms with E-state index in [0.717, 1.165) is 43.4 Å². The molecule has 0 atom stereocenters. The highest BCUT2D eigenvalue weighted by Crippen LogP contribution is 2.42. The van der Waals surface area contributed by atoms with Gasteiger partial charge in [0.25, 0.3) is 0 Å². The minimum Gasteiger partial charge on any atom is -0.496 e. The molecule has 2 nitrogen and oxygen atoms in total. The Kier molecular flexibility index (Phi) is 3.59. The summed E-state index contributed by atoms with van der Waals surface area (Å²) in [4.78, 5) is 0. The fraction of sp³-hybridized carbons (Fsp3) is 0.500. The Morgan fingerprint density at radius 1 is 1.41 bits per heavy atom. The van der Waals surface area contributed by atoms with Crippen LogP contribution in [0.2, 0.25) is 5.02 Å². The number of hydrogen-bond acceptors (Lipinski definition) is 2. The van der Waals surface area contributed by atoms with Crippen molar-refractivity contribution in [1.82, 2.24) is 0 Å². The van der Waals surface area contributed by atoms with E-state index in [1.165, 1.54) is 0 Å². The quantitative estimate of drug-likeness (QED) is 0.812. The van der Waals surface area contributed by atoms with E-state index in [9.17, 15) is 5.26 Å². The highest BCUT2D eigenvalue weighted by molar-refractivity contribution is 6.30. The molecule has 0 aliphatic heterocycles. The normalized spacial score (nSPS) is 17.7. The van der Waals surface area contributed by atoms with E-state index in [0.29, 0.717) is 5.02 Å². The first-order valence-corrected chi connectivity index (χ1v) is 6.31. The first kappa shape index (κ1) is 12.3. The van der Waals surface area contributed by atoms with Crippen LogP contribution in [-0.4, -0.2) is 7.11 Å². The standard InChI is InChI=1S/C14H16ClNO/c1-17-13-5-4-12(15)8-11(13)9-14(10-16)6-2-3-7-14/h4-5,8H,2-3,6-7,9H2,1H3. The Labute approximate surface area is 107 Å². The lowest BCUT2D eigenvalue weighted by molar-refractivity contribution is 0.378. The second kappa shape index (κ2) is 4.98. The third-order valence-electron chi connectivity index (χ3n) is 3.57. The van der Waals surface area contributed by atoms with Crippen LogP contribution in [0.15, 0.2) is 18.2 Å². The van der Waals surface area contributed by atoms with E-state index in [1.807, 2.05) is 18.2 Å². The molecule has 17 heavy (non-hydrogen) atoms. The van der Waals surface area contributed by atoms with Gasteiger partial charge in [0.2, 0.25) is 0 Å². The van der Waals surface area contributed by atoms with Crippen molar-refractivity contribution in [3.63, 3.8) is 0 Å². The van der Waals surface area contributed by atoms with E-state index < -0.39 is 0 Å². The Hall–Kier alpha value is -1.20. The molecule has 1 aliphatic rings. The van der Waals surface area contributed by atoms with Crippen molar-refractivity contribution in [1.29, 1.82) is 5.26 Å². The smallest absolute Gasteiger partial charge is 0.122 e. The molecule has 0 aromatic heterocycles.